The van der Waals surface area contributed by atoms with Crippen LogP contribution in [0.3, 0.4) is 0 Å². The van der Waals surface area contributed by atoms with Crippen molar-refractivity contribution in [1.29, 1.82) is 0 Å². The maximum Gasteiger partial charge on any atom is 0.387 e. The summed E-state index contributed by atoms with van der Waals surface area (Å²) < 4.78 is 44.3. The zero-order valence-corrected chi connectivity index (χ0v) is 14.4. The summed E-state index contributed by atoms with van der Waals surface area (Å²) in [6, 6.07) is 10.8. The lowest BCUT2D eigenvalue weighted by atomic mass is 10.1. The highest BCUT2D eigenvalue weighted by molar-refractivity contribution is 6.13. The number of carbonyl (C=O) groups excluding carboxylic acids is 1. The molecule has 0 unspecified atom stereocenters. The van der Waals surface area contributed by atoms with Crippen molar-refractivity contribution in [3.63, 3.8) is 0 Å². The van der Waals surface area contributed by atoms with Gasteiger partial charge in [-0.3, -0.25) is 0 Å². The van der Waals surface area contributed by atoms with Gasteiger partial charge in [-0.1, -0.05) is 0 Å². The number of aliphatic imine (C=N–C) groups is 1. The van der Waals surface area contributed by atoms with Crippen molar-refractivity contribution >= 4 is 17.9 Å². The van der Waals surface area contributed by atoms with Crippen molar-refractivity contribution in [2.75, 3.05) is 14.2 Å². The molecule has 0 spiro atoms. The zero-order chi connectivity index (χ0) is 19.4. The average molecular weight is 375 g/mol. The molecular formula is C19H15F2NO5. The highest BCUT2D eigenvalue weighted by Crippen LogP contribution is 2.28. The second kappa shape index (κ2) is 7.86. The molecule has 0 aliphatic carbocycles. The molecule has 140 valence electrons. The van der Waals surface area contributed by atoms with E-state index >= 15 is 0 Å². The second-order valence-corrected chi connectivity index (χ2v) is 5.35. The van der Waals surface area contributed by atoms with E-state index in [0.717, 1.165) is 0 Å². The number of carbonyl (C=O) groups is 1. The van der Waals surface area contributed by atoms with Gasteiger partial charge in [0.05, 0.1) is 14.2 Å². The zero-order valence-electron chi connectivity index (χ0n) is 14.4. The molecule has 0 aromatic heterocycles. The van der Waals surface area contributed by atoms with Gasteiger partial charge >= 0.3 is 12.6 Å². The molecule has 0 radical (unpaired) electrons. The van der Waals surface area contributed by atoms with Crippen LogP contribution in [0.4, 0.5) is 8.78 Å². The largest absolute Gasteiger partial charge is 0.497 e. The second-order valence-electron chi connectivity index (χ2n) is 5.35. The Morgan fingerprint density at radius 3 is 2.37 bits per heavy atom. The summed E-state index contributed by atoms with van der Waals surface area (Å²) in [5.74, 6) is 0.556. The van der Waals surface area contributed by atoms with Crippen molar-refractivity contribution in [3.05, 3.63) is 59.3 Å². The van der Waals surface area contributed by atoms with Crippen molar-refractivity contribution in [1.82, 2.24) is 0 Å². The Hall–Kier alpha value is -3.42. The lowest BCUT2D eigenvalue weighted by Crippen LogP contribution is -2.06. The van der Waals surface area contributed by atoms with Gasteiger partial charge in [0, 0.05) is 17.2 Å². The summed E-state index contributed by atoms with van der Waals surface area (Å²) in [5.41, 5.74) is 1.16. The van der Waals surface area contributed by atoms with Crippen molar-refractivity contribution in [2.24, 2.45) is 4.99 Å². The first-order valence-electron chi connectivity index (χ1n) is 7.80. The molecule has 3 rings (SSSR count). The summed E-state index contributed by atoms with van der Waals surface area (Å²) >= 11 is 0. The van der Waals surface area contributed by atoms with Gasteiger partial charge in [-0.15, -0.1) is 0 Å². The minimum absolute atomic E-state index is 0.00240. The Morgan fingerprint density at radius 1 is 1.04 bits per heavy atom. The Bertz CT molecular complexity index is 907. The van der Waals surface area contributed by atoms with Crippen LogP contribution < -0.4 is 14.2 Å². The molecule has 27 heavy (non-hydrogen) atoms. The summed E-state index contributed by atoms with van der Waals surface area (Å²) in [5, 5.41) is 0. The van der Waals surface area contributed by atoms with Crippen LogP contribution in [0.15, 0.2) is 53.2 Å². The van der Waals surface area contributed by atoms with Crippen molar-refractivity contribution in [3.8, 4) is 17.2 Å². The summed E-state index contributed by atoms with van der Waals surface area (Å²) in [6.07, 6.45) is 1.53. The molecule has 0 atom stereocenters. The number of alkyl halides is 2. The van der Waals surface area contributed by atoms with E-state index in [1.54, 1.807) is 18.2 Å². The molecule has 0 saturated carbocycles. The van der Waals surface area contributed by atoms with Crippen LogP contribution in [-0.4, -0.2) is 32.7 Å². The Morgan fingerprint density at radius 2 is 1.74 bits per heavy atom. The molecule has 0 N–H and O–H groups in total. The predicted molar refractivity (Wildman–Crippen MR) is 93.2 cm³/mol. The smallest absolute Gasteiger partial charge is 0.387 e. The Balaban J connectivity index is 1.87. The molecular weight excluding hydrogens is 360 g/mol. The van der Waals surface area contributed by atoms with E-state index in [4.69, 9.17) is 14.2 Å². The maximum atomic E-state index is 12.2. The number of esters is 1. The number of hydrogen-bond donors (Lipinski definition) is 0. The fourth-order valence-electron chi connectivity index (χ4n) is 2.40. The van der Waals surface area contributed by atoms with Gasteiger partial charge in [0.25, 0.3) is 0 Å². The van der Waals surface area contributed by atoms with E-state index in [2.05, 4.69) is 9.73 Å². The van der Waals surface area contributed by atoms with Crippen LogP contribution in [0.1, 0.15) is 11.1 Å². The van der Waals surface area contributed by atoms with Gasteiger partial charge in [-0.2, -0.15) is 8.78 Å². The first kappa shape index (κ1) is 18.4. The molecule has 8 heteroatoms. The highest BCUT2D eigenvalue weighted by Gasteiger charge is 2.24. The van der Waals surface area contributed by atoms with E-state index in [1.165, 1.54) is 44.6 Å². The monoisotopic (exact) mass is 375 g/mol. The topological polar surface area (TPSA) is 66.3 Å². The molecule has 1 aliphatic heterocycles. The SMILES string of the molecule is COc1ccc(/C=C2\N=C(c3ccc(OC(F)F)cc3)OC2=O)c(OC)c1. The molecule has 0 fully saturated rings. The van der Waals surface area contributed by atoms with E-state index in [1.807, 2.05) is 0 Å². The first-order valence-corrected chi connectivity index (χ1v) is 7.80. The minimum atomic E-state index is -2.91. The van der Waals surface area contributed by atoms with Crippen LogP contribution in [0.25, 0.3) is 6.08 Å². The van der Waals surface area contributed by atoms with Gasteiger partial charge in [0.15, 0.2) is 5.70 Å². The molecule has 2 aromatic carbocycles. The summed E-state index contributed by atoms with van der Waals surface area (Å²) in [7, 11) is 3.04. The summed E-state index contributed by atoms with van der Waals surface area (Å²) in [6.45, 7) is -2.91. The predicted octanol–water partition coefficient (Wildman–Crippen LogP) is 3.65. The average Bonchev–Trinajstić information content (AvgIpc) is 3.02. The van der Waals surface area contributed by atoms with Gasteiger partial charge in [0.2, 0.25) is 5.90 Å². The van der Waals surface area contributed by atoms with Gasteiger partial charge < -0.3 is 18.9 Å². The lowest BCUT2D eigenvalue weighted by molar-refractivity contribution is -0.129. The van der Waals surface area contributed by atoms with E-state index in [9.17, 15) is 13.6 Å². The number of halogens is 2. The van der Waals surface area contributed by atoms with E-state index < -0.39 is 12.6 Å². The van der Waals surface area contributed by atoms with Crippen LogP contribution in [0.2, 0.25) is 0 Å². The van der Waals surface area contributed by atoms with E-state index in [-0.39, 0.29) is 17.3 Å². The van der Waals surface area contributed by atoms with Crippen molar-refractivity contribution < 1.29 is 32.5 Å². The molecule has 0 bridgehead atoms. The van der Waals surface area contributed by atoms with Gasteiger partial charge in [0.1, 0.15) is 17.2 Å². The Kier molecular flexibility index (Phi) is 5.35. The molecule has 0 saturated heterocycles. The minimum Gasteiger partial charge on any atom is -0.497 e. The third-order valence-corrected chi connectivity index (χ3v) is 3.68. The Labute approximate surface area is 153 Å². The third-order valence-electron chi connectivity index (χ3n) is 3.68. The number of cyclic esters (lactones) is 1. The normalized spacial score (nSPS) is 14.9. The molecule has 0 amide bonds. The number of benzene rings is 2. The van der Waals surface area contributed by atoms with Gasteiger partial charge in [-0.05, 0) is 42.5 Å². The maximum absolute atomic E-state index is 12.2. The fourth-order valence-corrected chi connectivity index (χ4v) is 2.40. The fraction of sp³-hybridized carbons (Fsp3) is 0.158. The standard InChI is InChI=1S/C19H15F2NO5/c1-24-14-8-5-12(16(10-14)25-2)9-15-18(23)27-17(22-15)11-3-6-13(7-4-11)26-19(20)21/h3-10,19H,1-2H3/b15-9-. The molecule has 2 aromatic rings. The third kappa shape index (κ3) is 4.22. The van der Waals surface area contributed by atoms with Gasteiger partial charge in [-0.25, -0.2) is 9.79 Å². The summed E-state index contributed by atoms with van der Waals surface area (Å²) in [4.78, 5) is 16.3. The van der Waals surface area contributed by atoms with E-state index in [0.29, 0.717) is 22.6 Å². The van der Waals surface area contributed by atoms with Crippen LogP contribution in [0.5, 0.6) is 17.2 Å². The molecule has 1 heterocycles. The number of nitrogens with zero attached hydrogens (tertiary/aromatic N) is 1. The number of ether oxygens (including phenoxy) is 4. The quantitative estimate of drug-likeness (QED) is 0.570. The number of methoxy groups -OCH3 is 2. The van der Waals surface area contributed by atoms with Crippen molar-refractivity contribution in [2.45, 2.75) is 6.61 Å². The first-order chi connectivity index (χ1) is 13.0. The lowest BCUT2D eigenvalue weighted by Gasteiger charge is -2.07. The highest BCUT2D eigenvalue weighted by atomic mass is 19.3. The van der Waals surface area contributed by atoms with Crippen LogP contribution in [0, 0.1) is 0 Å². The van der Waals surface area contributed by atoms with Crippen LogP contribution >= 0.6 is 0 Å². The molecule has 6 nitrogen and oxygen atoms in total. The number of rotatable bonds is 6. The van der Waals surface area contributed by atoms with Crippen LogP contribution in [-0.2, 0) is 9.53 Å². The number of hydrogen-bond acceptors (Lipinski definition) is 6. The molecule has 1 aliphatic rings.